The van der Waals surface area contributed by atoms with E-state index in [1.54, 1.807) is 26.8 Å². The molecule has 0 heterocycles. The fourth-order valence-electron chi connectivity index (χ4n) is 4.54. The van der Waals surface area contributed by atoms with E-state index in [4.69, 9.17) is 4.74 Å². The summed E-state index contributed by atoms with van der Waals surface area (Å²) in [5, 5.41) is 14.8. The highest BCUT2D eigenvalue weighted by atomic mass is 16.5. The average molecular weight is 473 g/mol. The molecule has 0 saturated heterocycles. The highest BCUT2D eigenvalue weighted by molar-refractivity contribution is 5.95. The van der Waals surface area contributed by atoms with Crippen molar-refractivity contribution in [1.82, 2.24) is 5.32 Å². The Balaban J connectivity index is 1.32. The van der Waals surface area contributed by atoms with Gasteiger partial charge in [0.2, 0.25) is 5.91 Å². The summed E-state index contributed by atoms with van der Waals surface area (Å²) in [6.07, 6.45) is -0.578. The summed E-state index contributed by atoms with van der Waals surface area (Å²) in [4.78, 5) is 36.3. The molecule has 1 aliphatic carbocycles. The number of carboxylic acid groups (broad SMARTS) is 1. The highest BCUT2D eigenvalue weighted by Gasteiger charge is 2.29. The molecular formula is C28H28N2O5. The van der Waals surface area contributed by atoms with Crippen LogP contribution in [0.25, 0.3) is 11.1 Å². The predicted octanol–water partition coefficient (Wildman–Crippen LogP) is 5.26. The van der Waals surface area contributed by atoms with Crippen LogP contribution in [0.1, 0.15) is 51.9 Å². The molecule has 0 spiro atoms. The first kappa shape index (κ1) is 24.0. The molecule has 0 aromatic heterocycles. The summed E-state index contributed by atoms with van der Waals surface area (Å²) in [5.74, 6) is -1.43. The Bertz CT molecular complexity index is 1250. The number of aryl methyl sites for hydroxylation is 1. The van der Waals surface area contributed by atoms with Crippen LogP contribution in [0.5, 0.6) is 0 Å². The van der Waals surface area contributed by atoms with Crippen molar-refractivity contribution in [3.8, 4) is 11.1 Å². The van der Waals surface area contributed by atoms with Gasteiger partial charge in [-0.2, -0.15) is 0 Å². The van der Waals surface area contributed by atoms with Crippen molar-refractivity contribution >= 4 is 23.7 Å². The molecule has 0 aliphatic heterocycles. The molecule has 0 bridgehead atoms. The van der Waals surface area contributed by atoms with Crippen molar-refractivity contribution in [1.29, 1.82) is 0 Å². The van der Waals surface area contributed by atoms with Crippen molar-refractivity contribution < 1.29 is 24.2 Å². The zero-order chi connectivity index (χ0) is 25.1. The number of nitrogens with one attached hydrogen (secondary N) is 2. The van der Waals surface area contributed by atoms with E-state index in [2.05, 4.69) is 34.9 Å². The molecule has 35 heavy (non-hydrogen) atoms. The van der Waals surface area contributed by atoms with E-state index in [-0.39, 0.29) is 30.4 Å². The van der Waals surface area contributed by atoms with Gasteiger partial charge < -0.3 is 20.5 Å². The van der Waals surface area contributed by atoms with Gasteiger partial charge in [-0.1, -0.05) is 48.5 Å². The van der Waals surface area contributed by atoms with Gasteiger partial charge in [0.15, 0.2) is 0 Å². The van der Waals surface area contributed by atoms with Crippen LogP contribution >= 0.6 is 0 Å². The van der Waals surface area contributed by atoms with Crippen molar-refractivity contribution in [2.45, 2.75) is 39.2 Å². The van der Waals surface area contributed by atoms with E-state index in [0.29, 0.717) is 11.3 Å². The molecule has 7 heteroatoms. The second-order valence-electron chi connectivity index (χ2n) is 8.89. The van der Waals surface area contributed by atoms with Crippen molar-refractivity contribution in [2.24, 2.45) is 0 Å². The Morgan fingerprint density at radius 2 is 1.57 bits per heavy atom. The minimum atomic E-state index is -1.05. The molecule has 0 fully saturated rings. The van der Waals surface area contributed by atoms with Gasteiger partial charge in [-0.25, -0.2) is 9.59 Å². The van der Waals surface area contributed by atoms with Crippen molar-refractivity contribution in [3.05, 3.63) is 88.5 Å². The maximum absolute atomic E-state index is 12.5. The SMILES string of the molecule is Cc1cc(NC(=O)C[C@H](C)NC(=O)OCC2c3ccccc3-c3ccccc32)cc(C(=O)O)c1C. The number of hydrogen-bond acceptors (Lipinski definition) is 4. The molecule has 0 saturated carbocycles. The number of carboxylic acids is 1. The minimum absolute atomic E-state index is 0.0134. The lowest BCUT2D eigenvalue weighted by atomic mass is 9.98. The maximum atomic E-state index is 12.5. The van der Waals surface area contributed by atoms with E-state index in [0.717, 1.165) is 27.8 Å². The Hall–Kier alpha value is -4.13. The molecule has 4 rings (SSSR count). The smallest absolute Gasteiger partial charge is 0.407 e. The number of hydrogen-bond donors (Lipinski definition) is 3. The topological polar surface area (TPSA) is 105 Å². The fraction of sp³-hybridized carbons (Fsp3) is 0.250. The van der Waals surface area contributed by atoms with Crippen LogP contribution in [0.15, 0.2) is 60.7 Å². The Morgan fingerprint density at radius 1 is 0.971 bits per heavy atom. The summed E-state index contributed by atoms with van der Waals surface area (Å²) in [7, 11) is 0. The molecule has 3 aromatic rings. The number of amides is 2. The van der Waals surface area contributed by atoms with Crippen molar-refractivity contribution in [2.75, 3.05) is 11.9 Å². The van der Waals surface area contributed by atoms with Crippen LogP contribution in [0.4, 0.5) is 10.5 Å². The first-order valence-electron chi connectivity index (χ1n) is 11.5. The lowest BCUT2D eigenvalue weighted by molar-refractivity contribution is -0.116. The number of alkyl carbamates (subject to hydrolysis) is 1. The van der Waals surface area contributed by atoms with Gasteiger partial charge >= 0.3 is 12.1 Å². The van der Waals surface area contributed by atoms with Crippen LogP contribution in [-0.4, -0.2) is 35.7 Å². The molecule has 0 radical (unpaired) electrons. The Labute approximate surface area is 204 Å². The summed E-state index contributed by atoms with van der Waals surface area (Å²) in [6.45, 7) is 5.42. The second kappa shape index (κ2) is 10.0. The van der Waals surface area contributed by atoms with E-state index >= 15 is 0 Å². The molecular weight excluding hydrogens is 444 g/mol. The minimum Gasteiger partial charge on any atom is -0.478 e. The molecule has 180 valence electrons. The fourth-order valence-corrected chi connectivity index (χ4v) is 4.54. The standard InChI is InChI=1S/C28H28N2O5/c1-16-12-19(14-24(18(16)3)27(32)33)30-26(31)13-17(2)29-28(34)35-15-25-22-10-6-4-8-20(22)21-9-5-7-11-23(21)25/h4-12,14,17,25H,13,15H2,1-3H3,(H,29,34)(H,30,31)(H,32,33)/t17-/m0/s1. The van der Waals surface area contributed by atoms with Gasteiger partial charge in [0, 0.05) is 24.1 Å². The Kier molecular flexibility index (Phi) is 6.87. The Morgan fingerprint density at radius 3 is 2.17 bits per heavy atom. The summed E-state index contributed by atoms with van der Waals surface area (Å²) < 4.78 is 5.53. The normalized spacial score (nSPS) is 12.9. The number of anilines is 1. The largest absolute Gasteiger partial charge is 0.478 e. The van der Waals surface area contributed by atoms with Gasteiger partial charge in [0.05, 0.1) is 5.56 Å². The number of benzene rings is 3. The first-order valence-corrected chi connectivity index (χ1v) is 11.5. The highest BCUT2D eigenvalue weighted by Crippen LogP contribution is 2.44. The lowest BCUT2D eigenvalue weighted by Gasteiger charge is -2.17. The quantitative estimate of drug-likeness (QED) is 0.435. The summed E-state index contributed by atoms with van der Waals surface area (Å²) in [6, 6.07) is 18.9. The van der Waals surface area contributed by atoms with Crippen LogP contribution < -0.4 is 10.6 Å². The first-order chi connectivity index (χ1) is 16.7. The third-order valence-electron chi connectivity index (χ3n) is 6.38. The zero-order valence-corrected chi connectivity index (χ0v) is 19.9. The third kappa shape index (κ3) is 5.19. The van der Waals surface area contributed by atoms with Gasteiger partial charge in [-0.3, -0.25) is 4.79 Å². The summed E-state index contributed by atoms with van der Waals surface area (Å²) in [5.41, 5.74) is 6.53. The number of aromatic carboxylic acids is 1. The molecule has 2 amide bonds. The molecule has 1 aliphatic rings. The van der Waals surface area contributed by atoms with Crippen molar-refractivity contribution in [3.63, 3.8) is 0 Å². The van der Waals surface area contributed by atoms with E-state index in [1.165, 1.54) is 6.07 Å². The lowest BCUT2D eigenvalue weighted by Crippen LogP contribution is -2.36. The van der Waals surface area contributed by atoms with Crippen LogP contribution in [0.2, 0.25) is 0 Å². The van der Waals surface area contributed by atoms with Crippen LogP contribution in [-0.2, 0) is 9.53 Å². The second-order valence-corrected chi connectivity index (χ2v) is 8.89. The molecule has 7 nitrogen and oxygen atoms in total. The predicted molar refractivity (Wildman–Crippen MR) is 134 cm³/mol. The van der Waals surface area contributed by atoms with Crippen LogP contribution in [0.3, 0.4) is 0 Å². The van der Waals surface area contributed by atoms with E-state index < -0.39 is 18.1 Å². The molecule has 3 aromatic carbocycles. The van der Waals surface area contributed by atoms with Gasteiger partial charge in [-0.15, -0.1) is 0 Å². The van der Waals surface area contributed by atoms with Gasteiger partial charge in [0.1, 0.15) is 6.61 Å². The molecule has 0 unspecified atom stereocenters. The van der Waals surface area contributed by atoms with E-state index in [1.807, 2.05) is 24.3 Å². The molecule has 1 atom stereocenters. The monoisotopic (exact) mass is 472 g/mol. The summed E-state index contributed by atoms with van der Waals surface area (Å²) >= 11 is 0. The number of rotatable bonds is 7. The third-order valence-corrected chi connectivity index (χ3v) is 6.38. The molecule has 3 N–H and O–H groups in total. The van der Waals surface area contributed by atoms with E-state index in [9.17, 15) is 19.5 Å². The van der Waals surface area contributed by atoms with Crippen LogP contribution in [0, 0.1) is 13.8 Å². The van der Waals surface area contributed by atoms with Gasteiger partial charge in [-0.05, 0) is 66.3 Å². The zero-order valence-electron chi connectivity index (χ0n) is 19.9. The number of ether oxygens (including phenoxy) is 1. The average Bonchev–Trinajstić information content (AvgIpc) is 3.13. The van der Waals surface area contributed by atoms with Gasteiger partial charge in [0.25, 0.3) is 0 Å². The number of carbonyl (C=O) groups is 3. The maximum Gasteiger partial charge on any atom is 0.407 e. The number of carbonyl (C=O) groups excluding carboxylic acids is 2. The number of fused-ring (bicyclic) bond motifs is 3.